The lowest BCUT2D eigenvalue weighted by Crippen LogP contribution is -2.10. The summed E-state index contributed by atoms with van der Waals surface area (Å²) in [6, 6.07) is 16.1. The summed E-state index contributed by atoms with van der Waals surface area (Å²) in [5.74, 6) is -0.151. The van der Waals surface area contributed by atoms with Crippen LogP contribution in [0, 0.1) is 5.21 Å². The van der Waals surface area contributed by atoms with Crippen molar-refractivity contribution < 1.29 is 14.7 Å². The van der Waals surface area contributed by atoms with E-state index in [0.29, 0.717) is 10.8 Å². The fraction of sp³-hybridized carbons (Fsp3) is 0. The first-order chi connectivity index (χ1) is 11.0. The molecule has 0 amide bonds. The quantitative estimate of drug-likeness (QED) is 0.438. The molecule has 0 heterocycles. The normalized spacial score (nSPS) is 10.6. The van der Waals surface area contributed by atoms with Gasteiger partial charge in [0.1, 0.15) is 5.75 Å². The van der Waals surface area contributed by atoms with Gasteiger partial charge in [0.05, 0.1) is 11.3 Å². The van der Waals surface area contributed by atoms with Crippen molar-refractivity contribution in [1.82, 2.24) is 0 Å². The maximum atomic E-state index is 12.1. The molecule has 0 atom stereocenters. The maximum Gasteiger partial charge on any atom is 0.343 e. The summed E-state index contributed by atoms with van der Waals surface area (Å²) in [5, 5.41) is 21.7. The van der Waals surface area contributed by atoms with Crippen molar-refractivity contribution in [2.24, 2.45) is 0 Å². The number of hydrogen-bond donors (Lipinski definition) is 1. The minimum absolute atomic E-state index is 0.0316. The van der Waals surface area contributed by atoms with Gasteiger partial charge in [-0.2, -0.15) is 0 Å². The van der Waals surface area contributed by atoms with Gasteiger partial charge in [-0.05, 0) is 59.3 Å². The molecule has 0 spiro atoms. The SMILES string of the molecule is O=C(Oc1ccc2cc(Cl)ccc2c1)c1ccc(N([O-])O)cc1. The van der Waals surface area contributed by atoms with Crippen molar-refractivity contribution >= 4 is 34.0 Å². The van der Waals surface area contributed by atoms with Crippen molar-refractivity contribution in [2.45, 2.75) is 0 Å². The maximum absolute atomic E-state index is 12.1. The summed E-state index contributed by atoms with van der Waals surface area (Å²) in [4.78, 5) is 12.1. The highest BCUT2D eigenvalue weighted by Crippen LogP contribution is 2.24. The summed E-state index contributed by atoms with van der Waals surface area (Å²) < 4.78 is 5.31. The highest BCUT2D eigenvalue weighted by atomic mass is 35.5. The molecule has 23 heavy (non-hydrogen) atoms. The largest absolute Gasteiger partial charge is 0.733 e. The van der Waals surface area contributed by atoms with Gasteiger partial charge >= 0.3 is 5.97 Å². The Labute approximate surface area is 136 Å². The Kier molecular flexibility index (Phi) is 4.16. The van der Waals surface area contributed by atoms with Gasteiger partial charge in [-0.25, -0.2) is 4.79 Å². The van der Waals surface area contributed by atoms with Crippen molar-refractivity contribution in [3.8, 4) is 5.75 Å². The molecule has 3 aromatic carbocycles. The fourth-order valence-electron chi connectivity index (χ4n) is 2.15. The van der Waals surface area contributed by atoms with E-state index >= 15 is 0 Å². The van der Waals surface area contributed by atoms with Crippen LogP contribution in [-0.2, 0) is 0 Å². The number of halogens is 1. The Bertz CT molecular complexity index is 862. The van der Waals surface area contributed by atoms with Gasteiger partial charge in [-0.3, -0.25) is 5.21 Å². The second-order valence-electron chi connectivity index (χ2n) is 4.86. The van der Waals surface area contributed by atoms with Crippen LogP contribution in [0.2, 0.25) is 5.02 Å². The molecule has 0 saturated heterocycles. The van der Waals surface area contributed by atoms with Gasteiger partial charge in [0, 0.05) is 5.02 Å². The van der Waals surface area contributed by atoms with Crippen LogP contribution in [-0.4, -0.2) is 11.2 Å². The Hall–Kier alpha value is -2.60. The van der Waals surface area contributed by atoms with Crippen molar-refractivity contribution in [2.75, 3.05) is 5.23 Å². The lowest BCUT2D eigenvalue weighted by molar-refractivity contribution is 0.0735. The number of carbonyl (C=O) groups is 1. The average Bonchev–Trinajstić information content (AvgIpc) is 2.55. The van der Waals surface area contributed by atoms with Gasteiger partial charge in [0.15, 0.2) is 0 Å². The molecule has 0 fully saturated rings. The number of anilines is 1. The Balaban J connectivity index is 1.80. The summed E-state index contributed by atoms with van der Waals surface area (Å²) in [5.41, 5.74) is 0.302. The molecule has 3 rings (SSSR count). The van der Waals surface area contributed by atoms with Gasteiger partial charge in [0.25, 0.3) is 0 Å². The molecular weight excluding hydrogens is 318 g/mol. The van der Waals surface area contributed by atoms with Gasteiger partial charge in [-0.1, -0.05) is 23.7 Å². The molecule has 6 heteroatoms. The molecule has 3 aromatic rings. The van der Waals surface area contributed by atoms with Crippen LogP contribution in [0.25, 0.3) is 10.8 Å². The fourth-order valence-corrected chi connectivity index (χ4v) is 2.33. The first-order valence-corrected chi connectivity index (χ1v) is 7.08. The van der Waals surface area contributed by atoms with Gasteiger partial charge in [0.2, 0.25) is 0 Å². The Morgan fingerprint density at radius 1 is 1.00 bits per heavy atom. The molecule has 0 bridgehead atoms. The van der Waals surface area contributed by atoms with Crippen LogP contribution in [0.3, 0.4) is 0 Å². The van der Waals surface area contributed by atoms with Crippen molar-refractivity contribution in [1.29, 1.82) is 0 Å². The standard InChI is InChI=1S/C17H11ClNO4/c18-14-5-1-13-10-16(8-4-12(13)9-14)23-17(20)11-2-6-15(7-3-11)19(21)22/h1-10,21H/q-1. The second-order valence-corrected chi connectivity index (χ2v) is 5.30. The summed E-state index contributed by atoms with van der Waals surface area (Å²) in [7, 11) is 0. The van der Waals surface area contributed by atoms with Crippen LogP contribution in [0.4, 0.5) is 5.69 Å². The van der Waals surface area contributed by atoms with E-state index in [4.69, 9.17) is 21.5 Å². The third kappa shape index (κ3) is 3.43. The van der Waals surface area contributed by atoms with E-state index in [2.05, 4.69) is 0 Å². The third-order valence-corrected chi connectivity index (χ3v) is 3.54. The zero-order chi connectivity index (χ0) is 16.4. The summed E-state index contributed by atoms with van der Waals surface area (Å²) in [6.07, 6.45) is 0. The first-order valence-electron chi connectivity index (χ1n) is 6.70. The summed E-state index contributed by atoms with van der Waals surface area (Å²) >= 11 is 5.93. The van der Waals surface area contributed by atoms with E-state index in [1.807, 2.05) is 18.2 Å². The molecular formula is C17H11ClNO4-. The van der Waals surface area contributed by atoms with Crippen LogP contribution in [0.1, 0.15) is 10.4 Å². The topological polar surface area (TPSA) is 72.8 Å². The molecule has 5 nitrogen and oxygen atoms in total. The van der Waals surface area contributed by atoms with Gasteiger partial charge in [-0.15, -0.1) is 0 Å². The average molecular weight is 329 g/mol. The van der Waals surface area contributed by atoms with Crippen LogP contribution >= 0.6 is 11.6 Å². The number of carbonyl (C=O) groups excluding carboxylic acids is 1. The zero-order valence-electron chi connectivity index (χ0n) is 11.8. The van der Waals surface area contributed by atoms with E-state index in [9.17, 15) is 10.0 Å². The predicted octanol–water partition coefficient (Wildman–Crippen LogP) is 4.41. The molecule has 0 radical (unpaired) electrons. The molecule has 0 unspecified atom stereocenters. The second kappa shape index (κ2) is 6.26. The van der Waals surface area contributed by atoms with E-state index in [1.54, 1.807) is 18.2 Å². The predicted molar refractivity (Wildman–Crippen MR) is 88.0 cm³/mol. The lowest BCUT2D eigenvalue weighted by atomic mass is 10.1. The minimum atomic E-state index is -0.555. The number of ether oxygens (including phenoxy) is 1. The number of rotatable bonds is 3. The van der Waals surface area contributed by atoms with Crippen molar-refractivity contribution in [3.63, 3.8) is 0 Å². The smallest absolute Gasteiger partial charge is 0.343 e. The number of fused-ring (bicyclic) bond motifs is 1. The number of hydrogen-bond acceptors (Lipinski definition) is 5. The van der Waals surface area contributed by atoms with E-state index in [1.165, 1.54) is 24.3 Å². The molecule has 0 aromatic heterocycles. The van der Waals surface area contributed by atoms with Crippen molar-refractivity contribution in [3.05, 3.63) is 76.5 Å². The molecule has 0 saturated carbocycles. The molecule has 0 aliphatic carbocycles. The first kappa shape index (κ1) is 15.3. The zero-order valence-corrected chi connectivity index (χ0v) is 12.5. The van der Waals surface area contributed by atoms with E-state index < -0.39 is 5.97 Å². The molecule has 1 N–H and O–H groups in total. The van der Waals surface area contributed by atoms with Gasteiger partial charge < -0.3 is 15.2 Å². The number of nitrogens with zero attached hydrogens (tertiary/aromatic N) is 1. The minimum Gasteiger partial charge on any atom is -0.733 e. The molecule has 0 aliphatic heterocycles. The van der Waals surface area contributed by atoms with Crippen LogP contribution < -0.4 is 9.96 Å². The van der Waals surface area contributed by atoms with E-state index in [-0.39, 0.29) is 16.5 Å². The molecule has 116 valence electrons. The van der Waals surface area contributed by atoms with E-state index in [0.717, 1.165) is 10.8 Å². The van der Waals surface area contributed by atoms with Crippen LogP contribution in [0.5, 0.6) is 5.75 Å². The Morgan fingerprint density at radius 3 is 2.35 bits per heavy atom. The highest BCUT2D eigenvalue weighted by molar-refractivity contribution is 6.31. The Morgan fingerprint density at radius 2 is 1.65 bits per heavy atom. The number of benzene rings is 3. The van der Waals surface area contributed by atoms with Crippen LogP contribution in [0.15, 0.2) is 60.7 Å². The summed E-state index contributed by atoms with van der Waals surface area (Å²) in [6.45, 7) is 0. The monoisotopic (exact) mass is 328 g/mol. The third-order valence-electron chi connectivity index (χ3n) is 3.31. The number of esters is 1. The highest BCUT2D eigenvalue weighted by Gasteiger charge is 2.09. The molecule has 0 aliphatic rings. The lowest BCUT2D eigenvalue weighted by Gasteiger charge is -2.21.